The number of benzene rings is 1. The number of nitrogens with one attached hydrogen (secondary N) is 1. The van der Waals surface area contributed by atoms with Gasteiger partial charge in [0.1, 0.15) is 4.88 Å². The fourth-order valence-electron chi connectivity index (χ4n) is 1.57. The molecule has 0 saturated carbocycles. The zero-order chi connectivity index (χ0) is 14.7. The van der Waals surface area contributed by atoms with Crippen molar-refractivity contribution < 1.29 is 4.79 Å². The van der Waals surface area contributed by atoms with Crippen LogP contribution in [-0.4, -0.2) is 16.6 Å². The SMILES string of the molecule is C/C(=N\NC(=O)c1sc(N)nc1C)c1ccc(Br)cc1. The number of aromatic nitrogens is 1. The molecule has 0 radical (unpaired) electrons. The van der Waals surface area contributed by atoms with Crippen LogP contribution in [0.5, 0.6) is 0 Å². The zero-order valence-corrected chi connectivity index (χ0v) is 13.4. The van der Waals surface area contributed by atoms with Crippen molar-refractivity contribution in [2.45, 2.75) is 13.8 Å². The molecule has 3 N–H and O–H groups in total. The van der Waals surface area contributed by atoms with E-state index in [9.17, 15) is 4.79 Å². The van der Waals surface area contributed by atoms with Crippen molar-refractivity contribution in [3.05, 3.63) is 44.9 Å². The number of carbonyl (C=O) groups is 1. The third kappa shape index (κ3) is 3.43. The van der Waals surface area contributed by atoms with E-state index in [-0.39, 0.29) is 5.91 Å². The first-order valence-electron chi connectivity index (χ1n) is 5.81. The van der Waals surface area contributed by atoms with E-state index >= 15 is 0 Å². The number of hydrazone groups is 1. The average Bonchev–Trinajstić information content (AvgIpc) is 2.75. The Bertz CT molecular complexity index is 664. The van der Waals surface area contributed by atoms with Crippen LogP contribution in [0, 0.1) is 6.92 Å². The average molecular weight is 353 g/mol. The second-order valence-corrected chi connectivity index (χ2v) is 6.06. The van der Waals surface area contributed by atoms with Crippen molar-refractivity contribution in [3.63, 3.8) is 0 Å². The van der Waals surface area contributed by atoms with Gasteiger partial charge in [-0.3, -0.25) is 4.79 Å². The molecule has 0 unspecified atom stereocenters. The van der Waals surface area contributed by atoms with E-state index in [1.165, 1.54) is 0 Å². The Kier molecular flexibility index (Phi) is 4.51. The largest absolute Gasteiger partial charge is 0.375 e. The van der Waals surface area contributed by atoms with Crippen molar-refractivity contribution in [2.75, 3.05) is 5.73 Å². The van der Waals surface area contributed by atoms with Crippen molar-refractivity contribution in [1.82, 2.24) is 10.4 Å². The molecule has 5 nitrogen and oxygen atoms in total. The fourth-order valence-corrected chi connectivity index (χ4v) is 2.56. The Labute approximate surface area is 129 Å². The number of carbonyl (C=O) groups excluding carboxylic acids is 1. The van der Waals surface area contributed by atoms with Gasteiger partial charge in [0.05, 0.1) is 11.4 Å². The van der Waals surface area contributed by atoms with Gasteiger partial charge in [0.15, 0.2) is 5.13 Å². The quantitative estimate of drug-likeness (QED) is 0.658. The maximum Gasteiger partial charge on any atom is 0.283 e. The molecule has 20 heavy (non-hydrogen) atoms. The van der Waals surface area contributed by atoms with Gasteiger partial charge in [-0.15, -0.1) is 0 Å². The van der Waals surface area contributed by atoms with E-state index in [1.54, 1.807) is 6.92 Å². The molecule has 7 heteroatoms. The molecule has 2 aromatic rings. The minimum atomic E-state index is -0.298. The highest BCUT2D eigenvalue weighted by molar-refractivity contribution is 9.10. The van der Waals surface area contributed by atoms with E-state index in [1.807, 2.05) is 31.2 Å². The summed E-state index contributed by atoms with van der Waals surface area (Å²) in [5.41, 5.74) is 10.4. The summed E-state index contributed by atoms with van der Waals surface area (Å²) >= 11 is 4.52. The number of thiazole rings is 1. The molecular weight excluding hydrogens is 340 g/mol. The topological polar surface area (TPSA) is 80.4 Å². The summed E-state index contributed by atoms with van der Waals surface area (Å²) in [6, 6.07) is 7.68. The highest BCUT2D eigenvalue weighted by Gasteiger charge is 2.13. The van der Waals surface area contributed by atoms with Gasteiger partial charge in [-0.2, -0.15) is 5.10 Å². The molecular formula is C13H13BrN4OS. The van der Waals surface area contributed by atoms with E-state index < -0.39 is 0 Å². The Hall–Kier alpha value is -1.73. The van der Waals surface area contributed by atoms with Crippen molar-refractivity contribution >= 4 is 44.0 Å². The van der Waals surface area contributed by atoms with Crippen molar-refractivity contribution in [3.8, 4) is 0 Å². The summed E-state index contributed by atoms with van der Waals surface area (Å²) in [7, 11) is 0. The Morgan fingerprint density at radius 3 is 2.60 bits per heavy atom. The lowest BCUT2D eigenvalue weighted by Crippen LogP contribution is -2.19. The van der Waals surface area contributed by atoms with Crippen LogP contribution in [0.1, 0.15) is 27.9 Å². The van der Waals surface area contributed by atoms with Crippen LogP contribution in [0.15, 0.2) is 33.8 Å². The minimum Gasteiger partial charge on any atom is -0.375 e. The molecule has 0 bridgehead atoms. The first kappa shape index (κ1) is 14.7. The summed E-state index contributed by atoms with van der Waals surface area (Å²) in [4.78, 5) is 16.4. The summed E-state index contributed by atoms with van der Waals surface area (Å²) < 4.78 is 0.994. The molecule has 0 aliphatic heterocycles. The van der Waals surface area contributed by atoms with Gasteiger partial charge in [0, 0.05) is 4.47 Å². The van der Waals surface area contributed by atoms with Crippen LogP contribution in [0.3, 0.4) is 0 Å². The van der Waals surface area contributed by atoms with Gasteiger partial charge in [0.2, 0.25) is 0 Å². The predicted molar refractivity (Wildman–Crippen MR) is 85.1 cm³/mol. The van der Waals surface area contributed by atoms with Crippen LogP contribution in [0.2, 0.25) is 0 Å². The lowest BCUT2D eigenvalue weighted by molar-refractivity contribution is 0.0958. The molecule has 0 fully saturated rings. The zero-order valence-electron chi connectivity index (χ0n) is 11.0. The van der Waals surface area contributed by atoms with Gasteiger partial charge >= 0.3 is 0 Å². The summed E-state index contributed by atoms with van der Waals surface area (Å²) in [6.45, 7) is 3.57. The molecule has 1 aromatic heterocycles. The molecule has 1 amide bonds. The molecule has 2 rings (SSSR count). The highest BCUT2D eigenvalue weighted by Crippen LogP contribution is 2.19. The monoisotopic (exact) mass is 352 g/mol. The lowest BCUT2D eigenvalue weighted by atomic mass is 10.1. The Morgan fingerprint density at radius 1 is 1.40 bits per heavy atom. The number of hydrogen-bond donors (Lipinski definition) is 2. The maximum absolute atomic E-state index is 12.0. The first-order chi connectivity index (χ1) is 9.47. The smallest absolute Gasteiger partial charge is 0.283 e. The van der Waals surface area contributed by atoms with Crippen LogP contribution >= 0.6 is 27.3 Å². The summed E-state index contributed by atoms with van der Waals surface area (Å²) in [6.07, 6.45) is 0. The van der Waals surface area contributed by atoms with Gasteiger partial charge in [-0.1, -0.05) is 39.4 Å². The predicted octanol–water partition coefficient (Wildman–Crippen LogP) is 2.95. The molecule has 0 atom stereocenters. The van der Waals surface area contributed by atoms with Crippen LogP contribution in [0.25, 0.3) is 0 Å². The number of nitrogen functional groups attached to an aromatic ring is 1. The lowest BCUT2D eigenvalue weighted by Gasteiger charge is -2.02. The third-order valence-corrected chi connectivity index (χ3v) is 4.12. The number of hydrogen-bond acceptors (Lipinski definition) is 5. The van der Waals surface area contributed by atoms with Crippen LogP contribution < -0.4 is 11.2 Å². The normalized spacial score (nSPS) is 11.4. The van der Waals surface area contributed by atoms with E-state index in [0.717, 1.165) is 27.1 Å². The number of amides is 1. The molecule has 0 aliphatic carbocycles. The van der Waals surface area contributed by atoms with Gasteiger partial charge in [0.25, 0.3) is 5.91 Å². The first-order valence-corrected chi connectivity index (χ1v) is 7.42. The number of anilines is 1. The molecule has 104 valence electrons. The number of nitrogens with zero attached hydrogens (tertiary/aromatic N) is 2. The maximum atomic E-state index is 12.0. The molecule has 0 saturated heterocycles. The highest BCUT2D eigenvalue weighted by atomic mass is 79.9. The standard InChI is InChI=1S/C13H13BrN4OS/c1-7(9-3-5-10(14)6-4-9)17-18-12(19)11-8(2)16-13(15)20-11/h3-6H,1-2H3,(H2,15,16)(H,18,19)/b17-7+. The minimum absolute atomic E-state index is 0.298. The molecule has 1 aromatic carbocycles. The van der Waals surface area contributed by atoms with E-state index in [0.29, 0.717) is 15.7 Å². The fraction of sp³-hybridized carbons (Fsp3) is 0.154. The van der Waals surface area contributed by atoms with Crippen LogP contribution in [-0.2, 0) is 0 Å². The summed E-state index contributed by atoms with van der Waals surface area (Å²) in [5, 5.41) is 4.47. The number of aryl methyl sites for hydroxylation is 1. The second kappa shape index (κ2) is 6.15. The van der Waals surface area contributed by atoms with Gasteiger partial charge < -0.3 is 5.73 Å². The van der Waals surface area contributed by atoms with Gasteiger partial charge in [-0.05, 0) is 31.5 Å². The van der Waals surface area contributed by atoms with Crippen LogP contribution in [0.4, 0.5) is 5.13 Å². The van der Waals surface area contributed by atoms with Crippen molar-refractivity contribution in [2.24, 2.45) is 5.10 Å². The number of nitrogens with two attached hydrogens (primary N) is 1. The van der Waals surface area contributed by atoms with Gasteiger partial charge in [-0.25, -0.2) is 10.4 Å². The molecule has 0 aliphatic rings. The molecule has 0 spiro atoms. The van der Waals surface area contributed by atoms with E-state index in [2.05, 4.69) is 31.4 Å². The number of halogens is 1. The second-order valence-electron chi connectivity index (χ2n) is 4.11. The molecule has 1 heterocycles. The summed E-state index contributed by atoms with van der Waals surface area (Å²) in [5.74, 6) is -0.298. The number of rotatable bonds is 3. The third-order valence-electron chi connectivity index (χ3n) is 2.61. The van der Waals surface area contributed by atoms with Crippen molar-refractivity contribution in [1.29, 1.82) is 0 Å². The Balaban J connectivity index is 2.10. The Morgan fingerprint density at radius 2 is 2.05 bits per heavy atom. The van der Waals surface area contributed by atoms with E-state index in [4.69, 9.17) is 5.73 Å².